The third kappa shape index (κ3) is 6.02. The molecule has 5 nitrogen and oxygen atoms in total. The van der Waals surface area contributed by atoms with Crippen LogP contribution in [0, 0.1) is 0 Å². The molecule has 0 saturated carbocycles. The van der Waals surface area contributed by atoms with E-state index >= 15 is 0 Å². The van der Waals surface area contributed by atoms with Gasteiger partial charge in [-0.15, -0.1) is 0 Å². The molecule has 0 aliphatic carbocycles. The molecule has 0 aliphatic rings. The van der Waals surface area contributed by atoms with Crippen LogP contribution in [0.25, 0.3) is 0 Å². The summed E-state index contributed by atoms with van der Waals surface area (Å²) in [5.41, 5.74) is 0. The Balaban J connectivity index is 3.56. The van der Waals surface area contributed by atoms with Crippen molar-refractivity contribution in [2.24, 2.45) is 0 Å². The molecular weight excluding hydrogens is 182 g/mol. The molecule has 0 bridgehead atoms. The number of nitrogens with one attached hydrogen (secondary N) is 1. The Labute approximate surface area is 73.3 Å². The van der Waals surface area contributed by atoms with E-state index in [1.807, 2.05) is 0 Å². The lowest BCUT2D eigenvalue weighted by Crippen LogP contribution is -2.31. The first-order valence-corrected chi connectivity index (χ1v) is 4.27. The van der Waals surface area contributed by atoms with E-state index in [4.69, 9.17) is 4.55 Å². The van der Waals surface area contributed by atoms with E-state index in [2.05, 4.69) is 16.1 Å². The fraction of sp³-hybridized carbons (Fsp3) is 0.500. The molecule has 0 heterocycles. The highest BCUT2D eigenvalue weighted by Crippen LogP contribution is 1.90. The van der Waals surface area contributed by atoms with Crippen molar-refractivity contribution in [3.8, 4) is 0 Å². The van der Waals surface area contributed by atoms with Gasteiger partial charge in [0.1, 0.15) is 0 Å². The summed E-state index contributed by atoms with van der Waals surface area (Å²) in [5, 5.41) is 2.41. The van der Waals surface area contributed by atoms with Crippen molar-refractivity contribution in [2.45, 2.75) is 13.0 Å². The van der Waals surface area contributed by atoms with Crippen molar-refractivity contribution < 1.29 is 17.7 Å². The second kappa shape index (κ2) is 5.87. The van der Waals surface area contributed by atoms with E-state index in [-0.39, 0.29) is 12.5 Å². The zero-order chi connectivity index (χ0) is 9.56. The van der Waals surface area contributed by atoms with Crippen LogP contribution in [0.2, 0.25) is 0 Å². The molecule has 0 aromatic rings. The van der Waals surface area contributed by atoms with Crippen LogP contribution < -0.4 is 5.32 Å². The van der Waals surface area contributed by atoms with E-state index in [0.29, 0.717) is 0 Å². The minimum absolute atomic E-state index is 0.178. The van der Waals surface area contributed by atoms with Crippen molar-refractivity contribution >= 4 is 17.3 Å². The van der Waals surface area contributed by atoms with Gasteiger partial charge in [0.05, 0.1) is 6.10 Å². The van der Waals surface area contributed by atoms with Gasteiger partial charge < -0.3 is 5.32 Å². The number of rotatable bonds is 5. The number of hydrogen-bond acceptors (Lipinski definition) is 3. The van der Waals surface area contributed by atoms with Gasteiger partial charge in [0.25, 0.3) is 0 Å². The van der Waals surface area contributed by atoms with Crippen molar-refractivity contribution in [3.05, 3.63) is 12.7 Å². The average Bonchev–Trinajstić information content (AvgIpc) is 1.99. The normalized spacial score (nSPS) is 14.8. The van der Waals surface area contributed by atoms with Crippen LogP contribution >= 0.6 is 0 Å². The van der Waals surface area contributed by atoms with Crippen molar-refractivity contribution in [2.75, 3.05) is 6.54 Å². The minimum Gasteiger partial charge on any atom is -0.350 e. The Morgan fingerprint density at radius 1 is 1.92 bits per heavy atom. The summed E-state index contributed by atoms with van der Waals surface area (Å²) in [5.74, 6) is -0.339. The van der Waals surface area contributed by atoms with Gasteiger partial charge in [-0.05, 0) is 13.0 Å². The van der Waals surface area contributed by atoms with Crippen LogP contribution in [0.15, 0.2) is 12.7 Å². The second-order valence-corrected chi connectivity index (χ2v) is 2.70. The van der Waals surface area contributed by atoms with Crippen LogP contribution in [0.4, 0.5) is 0 Å². The summed E-state index contributed by atoms with van der Waals surface area (Å²) in [4.78, 5) is 10.6. The van der Waals surface area contributed by atoms with Gasteiger partial charge in [0.15, 0.2) is 0 Å². The molecule has 0 aromatic carbocycles. The Bertz CT molecular complexity index is 194. The standard InChI is InChI=1S/C6H11NO4S/c1-3-6(8)7-4-5(2)11-12(9)10/h3,5H,1,4H2,2H3,(H,7,8)(H,9,10). The second-order valence-electron chi connectivity index (χ2n) is 2.07. The van der Waals surface area contributed by atoms with Gasteiger partial charge in [-0.1, -0.05) is 6.58 Å². The van der Waals surface area contributed by atoms with Gasteiger partial charge in [-0.25, -0.2) is 0 Å². The van der Waals surface area contributed by atoms with Gasteiger partial charge in [-0.2, -0.15) is 4.21 Å². The Kier molecular flexibility index (Phi) is 5.52. The number of hydrogen-bond donors (Lipinski definition) is 2. The molecule has 6 heteroatoms. The summed E-state index contributed by atoms with van der Waals surface area (Å²) >= 11 is -2.29. The molecule has 0 aromatic heterocycles. The van der Waals surface area contributed by atoms with E-state index < -0.39 is 17.5 Å². The van der Waals surface area contributed by atoms with Gasteiger partial charge in [0.2, 0.25) is 5.91 Å². The lowest BCUT2D eigenvalue weighted by Gasteiger charge is -2.08. The summed E-state index contributed by atoms with van der Waals surface area (Å²) in [6, 6.07) is 0. The minimum atomic E-state index is -2.29. The Morgan fingerprint density at radius 3 is 2.92 bits per heavy atom. The maximum Gasteiger partial charge on any atom is 0.302 e. The van der Waals surface area contributed by atoms with Crippen molar-refractivity contribution in [1.29, 1.82) is 0 Å². The molecular formula is C6H11NO4S. The molecule has 0 radical (unpaired) electrons. The van der Waals surface area contributed by atoms with Crippen LogP contribution in [0.1, 0.15) is 6.92 Å². The molecule has 2 unspecified atom stereocenters. The Hall–Kier alpha value is -0.720. The summed E-state index contributed by atoms with van der Waals surface area (Å²) in [6.07, 6.45) is 0.613. The number of carbonyl (C=O) groups excluding carboxylic acids is 1. The van der Waals surface area contributed by atoms with Crippen LogP contribution in [-0.2, 0) is 20.3 Å². The molecule has 0 aliphatic heterocycles. The largest absolute Gasteiger partial charge is 0.350 e. The molecule has 70 valence electrons. The van der Waals surface area contributed by atoms with Gasteiger partial charge >= 0.3 is 11.4 Å². The molecule has 2 atom stereocenters. The monoisotopic (exact) mass is 193 g/mol. The smallest absolute Gasteiger partial charge is 0.302 e. The lowest BCUT2D eigenvalue weighted by atomic mass is 10.4. The Morgan fingerprint density at radius 2 is 2.50 bits per heavy atom. The highest BCUT2D eigenvalue weighted by Gasteiger charge is 2.06. The first-order valence-electron chi connectivity index (χ1n) is 3.24. The maximum atomic E-state index is 10.6. The quantitative estimate of drug-likeness (QED) is 0.469. The molecule has 2 N–H and O–H groups in total. The predicted molar refractivity (Wildman–Crippen MR) is 44.5 cm³/mol. The average molecular weight is 193 g/mol. The van der Waals surface area contributed by atoms with Crippen LogP contribution in [0.5, 0.6) is 0 Å². The third-order valence-electron chi connectivity index (χ3n) is 0.996. The van der Waals surface area contributed by atoms with Crippen molar-refractivity contribution in [3.63, 3.8) is 0 Å². The van der Waals surface area contributed by atoms with Gasteiger partial charge in [-0.3, -0.25) is 13.5 Å². The van der Waals surface area contributed by atoms with Crippen molar-refractivity contribution in [1.82, 2.24) is 5.32 Å². The first-order chi connectivity index (χ1) is 5.56. The third-order valence-corrected chi connectivity index (χ3v) is 1.49. The molecule has 0 spiro atoms. The van der Waals surface area contributed by atoms with E-state index in [9.17, 15) is 9.00 Å². The SMILES string of the molecule is C=CC(=O)NCC(C)OS(=O)O. The zero-order valence-electron chi connectivity index (χ0n) is 6.65. The highest BCUT2D eigenvalue weighted by atomic mass is 32.2. The highest BCUT2D eigenvalue weighted by molar-refractivity contribution is 7.74. The molecule has 0 saturated heterocycles. The number of carbonyl (C=O) groups is 1. The lowest BCUT2D eigenvalue weighted by molar-refractivity contribution is -0.116. The zero-order valence-corrected chi connectivity index (χ0v) is 7.47. The fourth-order valence-electron chi connectivity index (χ4n) is 0.491. The summed E-state index contributed by atoms with van der Waals surface area (Å²) < 4.78 is 22.8. The number of amides is 1. The van der Waals surface area contributed by atoms with Gasteiger partial charge in [0, 0.05) is 6.54 Å². The predicted octanol–water partition coefficient (Wildman–Crippen LogP) is -0.170. The molecule has 0 fully saturated rings. The van der Waals surface area contributed by atoms with E-state index in [1.54, 1.807) is 6.92 Å². The summed E-state index contributed by atoms with van der Waals surface area (Å²) in [6.45, 7) is 4.98. The first kappa shape index (κ1) is 11.3. The van der Waals surface area contributed by atoms with E-state index in [0.717, 1.165) is 6.08 Å². The molecule has 12 heavy (non-hydrogen) atoms. The van der Waals surface area contributed by atoms with Crippen LogP contribution in [-0.4, -0.2) is 27.3 Å². The van der Waals surface area contributed by atoms with Crippen LogP contribution in [0.3, 0.4) is 0 Å². The maximum absolute atomic E-state index is 10.6. The topological polar surface area (TPSA) is 75.6 Å². The van der Waals surface area contributed by atoms with E-state index in [1.165, 1.54) is 0 Å². The molecule has 0 rings (SSSR count). The molecule has 1 amide bonds. The summed E-state index contributed by atoms with van der Waals surface area (Å²) in [7, 11) is 0. The fourth-order valence-corrected chi connectivity index (χ4v) is 0.840.